The van der Waals surface area contributed by atoms with Gasteiger partial charge in [0.2, 0.25) is 0 Å². The van der Waals surface area contributed by atoms with Crippen molar-refractivity contribution in [1.82, 2.24) is 5.32 Å². The fourth-order valence-electron chi connectivity index (χ4n) is 2.08. The summed E-state index contributed by atoms with van der Waals surface area (Å²) in [4.78, 5) is 0. The van der Waals surface area contributed by atoms with Crippen molar-refractivity contribution in [3.05, 3.63) is 0 Å². The predicted molar refractivity (Wildman–Crippen MR) is 62.5 cm³/mol. The molecule has 0 saturated carbocycles. The van der Waals surface area contributed by atoms with E-state index in [1.165, 1.54) is 0 Å². The van der Waals surface area contributed by atoms with Gasteiger partial charge in [0.15, 0.2) is 0 Å². The van der Waals surface area contributed by atoms with Gasteiger partial charge in [-0.25, -0.2) is 0 Å². The summed E-state index contributed by atoms with van der Waals surface area (Å²) in [5.41, 5.74) is -0.0548. The van der Waals surface area contributed by atoms with Crippen LogP contribution in [0, 0.1) is 5.41 Å². The Morgan fingerprint density at radius 3 is 2.72 bits per heavy atom. The lowest BCUT2D eigenvalue weighted by molar-refractivity contribution is -0.175. The van der Waals surface area contributed by atoms with E-state index in [4.69, 9.17) is 4.74 Å². The molecule has 0 spiro atoms. The normalized spacial score (nSPS) is 24.7. The lowest BCUT2D eigenvalue weighted by Crippen LogP contribution is -2.36. The molecule has 0 aliphatic carbocycles. The molecule has 0 aromatic rings. The topological polar surface area (TPSA) is 30.5 Å². The maximum Gasteiger partial charge on any atom is 0.411 e. The highest BCUT2D eigenvalue weighted by molar-refractivity contribution is 4.85. The zero-order valence-corrected chi connectivity index (χ0v) is 10.8. The molecule has 1 heterocycles. The second-order valence-corrected chi connectivity index (χ2v) is 4.90. The quantitative estimate of drug-likeness (QED) is 0.686. The largest absolute Gasteiger partial charge is 0.411 e. The molecule has 1 saturated heterocycles. The van der Waals surface area contributed by atoms with Gasteiger partial charge in [-0.15, -0.1) is 0 Å². The van der Waals surface area contributed by atoms with Crippen molar-refractivity contribution in [1.29, 1.82) is 0 Å². The zero-order valence-electron chi connectivity index (χ0n) is 10.8. The van der Waals surface area contributed by atoms with Crippen LogP contribution in [0.25, 0.3) is 0 Å². The maximum atomic E-state index is 11.9. The van der Waals surface area contributed by atoms with Gasteiger partial charge < -0.3 is 14.8 Å². The molecule has 1 fully saturated rings. The van der Waals surface area contributed by atoms with Crippen molar-refractivity contribution in [3.8, 4) is 0 Å². The smallest absolute Gasteiger partial charge is 0.381 e. The van der Waals surface area contributed by atoms with Crippen molar-refractivity contribution < 1.29 is 22.6 Å². The van der Waals surface area contributed by atoms with E-state index in [0.717, 1.165) is 25.9 Å². The first-order chi connectivity index (χ1) is 8.47. The summed E-state index contributed by atoms with van der Waals surface area (Å²) in [6.45, 7) is 4.06. The monoisotopic (exact) mass is 269 g/mol. The Morgan fingerprint density at radius 1 is 1.39 bits per heavy atom. The first kappa shape index (κ1) is 15.7. The third kappa shape index (κ3) is 6.02. The Morgan fingerprint density at radius 2 is 2.17 bits per heavy atom. The second-order valence-electron chi connectivity index (χ2n) is 4.90. The molecule has 1 unspecified atom stereocenters. The highest BCUT2D eigenvalue weighted by atomic mass is 19.4. The third-order valence-electron chi connectivity index (χ3n) is 3.15. The number of hydrogen-bond acceptors (Lipinski definition) is 3. The van der Waals surface area contributed by atoms with Crippen molar-refractivity contribution >= 4 is 0 Å². The van der Waals surface area contributed by atoms with Gasteiger partial charge in [0, 0.05) is 25.2 Å². The highest BCUT2D eigenvalue weighted by Gasteiger charge is 2.35. The van der Waals surface area contributed by atoms with Crippen LogP contribution >= 0.6 is 0 Å². The molecule has 1 aliphatic rings. The van der Waals surface area contributed by atoms with Crippen LogP contribution in [0.2, 0.25) is 0 Å². The summed E-state index contributed by atoms with van der Waals surface area (Å²) in [5.74, 6) is 0. The van der Waals surface area contributed by atoms with Crippen LogP contribution in [0.15, 0.2) is 0 Å². The lowest BCUT2D eigenvalue weighted by atomic mass is 9.84. The fraction of sp³-hybridized carbons (Fsp3) is 1.00. The molecule has 18 heavy (non-hydrogen) atoms. The minimum absolute atomic E-state index is 0.0548. The summed E-state index contributed by atoms with van der Waals surface area (Å²) in [6, 6.07) is 0. The minimum Gasteiger partial charge on any atom is -0.381 e. The van der Waals surface area contributed by atoms with E-state index in [9.17, 15) is 13.2 Å². The summed E-state index contributed by atoms with van der Waals surface area (Å²) in [5, 5.41) is 3.32. The molecule has 0 amide bonds. The Balaban J connectivity index is 2.25. The molecular formula is C12H22F3NO2. The van der Waals surface area contributed by atoms with Crippen LogP contribution < -0.4 is 5.32 Å². The van der Waals surface area contributed by atoms with Crippen LogP contribution in [0.4, 0.5) is 13.2 Å². The molecule has 0 aromatic heterocycles. The van der Waals surface area contributed by atoms with Crippen LogP contribution in [0.5, 0.6) is 0 Å². The van der Waals surface area contributed by atoms with Crippen LogP contribution in [-0.4, -0.2) is 45.7 Å². The summed E-state index contributed by atoms with van der Waals surface area (Å²) in [7, 11) is 0. The molecule has 3 nitrogen and oxygen atoms in total. The maximum absolute atomic E-state index is 11.9. The molecule has 1 N–H and O–H groups in total. The minimum atomic E-state index is -4.24. The van der Waals surface area contributed by atoms with Crippen molar-refractivity contribution in [2.45, 2.75) is 32.4 Å². The number of ether oxygens (including phenoxy) is 2. The molecular weight excluding hydrogens is 247 g/mol. The SMILES string of the molecule is CCCNCC1(CCOCC(F)(F)F)CCOC1. The molecule has 0 aromatic carbocycles. The number of rotatable bonds is 8. The number of nitrogens with one attached hydrogen (secondary N) is 1. The predicted octanol–water partition coefficient (Wildman–Crippen LogP) is 2.36. The molecule has 1 aliphatic heterocycles. The molecule has 1 atom stereocenters. The first-order valence-electron chi connectivity index (χ1n) is 6.40. The van der Waals surface area contributed by atoms with E-state index in [0.29, 0.717) is 19.6 Å². The number of hydrogen-bond donors (Lipinski definition) is 1. The molecule has 0 radical (unpaired) electrons. The van der Waals surface area contributed by atoms with Gasteiger partial charge in [0.1, 0.15) is 6.61 Å². The Hall–Kier alpha value is -0.330. The van der Waals surface area contributed by atoms with Crippen molar-refractivity contribution in [2.75, 3.05) is 39.5 Å². The van der Waals surface area contributed by atoms with Crippen LogP contribution in [0.3, 0.4) is 0 Å². The van der Waals surface area contributed by atoms with Gasteiger partial charge in [0.05, 0.1) is 6.61 Å². The zero-order chi connectivity index (χ0) is 13.5. The van der Waals surface area contributed by atoms with Gasteiger partial charge >= 0.3 is 6.18 Å². The van der Waals surface area contributed by atoms with Gasteiger partial charge in [0.25, 0.3) is 0 Å². The Bertz CT molecular complexity index is 228. The van der Waals surface area contributed by atoms with Gasteiger partial charge in [-0.05, 0) is 25.8 Å². The van der Waals surface area contributed by atoms with Gasteiger partial charge in [-0.1, -0.05) is 6.92 Å². The van der Waals surface area contributed by atoms with Crippen LogP contribution in [-0.2, 0) is 9.47 Å². The second kappa shape index (κ2) is 7.31. The molecule has 1 rings (SSSR count). The summed E-state index contributed by atoms with van der Waals surface area (Å²) in [6.07, 6.45) is -1.69. The van der Waals surface area contributed by atoms with E-state index in [1.54, 1.807) is 0 Å². The lowest BCUT2D eigenvalue weighted by Gasteiger charge is -2.27. The molecule has 108 valence electrons. The number of alkyl halides is 3. The average Bonchev–Trinajstić information content (AvgIpc) is 2.73. The standard InChI is InChI=1S/C12H22F3NO2/c1-2-5-16-8-11(3-6-17-9-11)4-7-18-10-12(13,14)15/h16H,2-10H2,1H3. The van der Waals surface area contributed by atoms with E-state index in [2.05, 4.69) is 17.0 Å². The van der Waals surface area contributed by atoms with Crippen LogP contribution in [0.1, 0.15) is 26.2 Å². The fourth-order valence-corrected chi connectivity index (χ4v) is 2.08. The van der Waals surface area contributed by atoms with E-state index >= 15 is 0 Å². The molecule has 6 heteroatoms. The van der Waals surface area contributed by atoms with Crippen molar-refractivity contribution in [3.63, 3.8) is 0 Å². The Labute approximate surface area is 106 Å². The average molecular weight is 269 g/mol. The molecule has 0 bridgehead atoms. The number of halogens is 3. The van der Waals surface area contributed by atoms with Crippen molar-refractivity contribution in [2.24, 2.45) is 5.41 Å². The highest BCUT2D eigenvalue weighted by Crippen LogP contribution is 2.32. The third-order valence-corrected chi connectivity index (χ3v) is 3.15. The van der Waals surface area contributed by atoms with E-state index < -0.39 is 12.8 Å². The summed E-state index contributed by atoms with van der Waals surface area (Å²) < 4.78 is 45.9. The van der Waals surface area contributed by atoms with E-state index in [1.807, 2.05) is 0 Å². The van der Waals surface area contributed by atoms with E-state index in [-0.39, 0.29) is 12.0 Å². The Kier molecular flexibility index (Phi) is 6.38. The van der Waals surface area contributed by atoms with Gasteiger partial charge in [-0.2, -0.15) is 13.2 Å². The first-order valence-corrected chi connectivity index (χ1v) is 6.40. The van der Waals surface area contributed by atoms with Gasteiger partial charge in [-0.3, -0.25) is 0 Å². The summed E-state index contributed by atoms with van der Waals surface area (Å²) >= 11 is 0.